The molecule has 2 aliphatic rings. The van der Waals surface area contributed by atoms with E-state index < -0.39 is 0 Å². The third-order valence-electron chi connectivity index (χ3n) is 7.41. The molecule has 1 saturated carbocycles. The van der Waals surface area contributed by atoms with Gasteiger partial charge in [0, 0.05) is 46.9 Å². The summed E-state index contributed by atoms with van der Waals surface area (Å²) in [5.41, 5.74) is 3.79. The zero-order valence-electron chi connectivity index (χ0n) is 21.5. The number of hydrogen-bond acceptors (Lipinski definition) is 6. The Kier molecular flexibility index (Phi) is 8.03. The molecule has 7 heteroatoms. The van der Waals surface area contributed by atoms with Gasteiger partial charge in [0.25, 0.3) is 5.91 Å². The first-order valence-electron chi connectivity index (χ1n) is 13.1. The molecule has 0 radical (unpaired) electrons. The Hall–Kier alpha value is -3.00. The monoisotopic (exact) mass is 517 g/mol. The third kappa shape index (κ3) is 6.29. The van der Waals surface area contributed by atoms with E-state index in [9.17, 15) is 9.59 Å². The zero-order chi connectivity index (χ0) is 25.8. The molecule has 37 heavy (non-hydrogen) atoms. The summed E-state index contributed by atoms with van der Waals surface area (Å²) >= 11 is 1.78. The minimum absolute atomic E-state index is 0.0965. The number of carbonyl (C=O) groups is 2. The Morgan fingerprint density at radius 3 is 2.78 bits per heavy atom. The van der Waals surface area contributed by atoms with Crippen LogP contribution in [0.5, 0.6) is 5.75 Å². The van der Waals surface area contributed by atoms with Crippen molar-refractivity contribution in [3.63, 3.8) is 0 Å². The van der Waals surface area contributed by atoms with E-state index >= 15 is 0 Å². The van der Waals surface area contributed by atoms with Crippen LogP contribution in [0.15, 0.2) is 54.6 Å². The fraction of sp³-hybridized carbons (Fsp3) is 0.400. The molecule has 0 spiro atoms. The van der Waals surface area contributed by atoms with Crippen LogP contribution < -0.4 is 20.7 Å². The molecular weight excluding hydrogens is 482 g/mol. The van der Waals surface area contributed by atoms with Gasteiger partial charge >= 0.3 is 0 Å². The Morgan fingerprint density at radius 2 is 2.03 bits per heavy atom. The first-order chi connectivity index (χ1) is 18.0. The highest BCUT2D eigenvalue weighted by Gasteiger charge is 2.24. The van der Waals surface area contributed by atoms with E-state index in [1.807, 2.05) is 32.0 Å². The summed E-state index contributed by atoms with van der Waals surface area (Å²) in [5.74, 6) is 0.852. The molecule has 1 amide bonds. The number of hydrogen-bond donors (Lipinski definition) is 3. The number of carbonyl (C=O) groups excluding carboxylic acids is 2. The number of aryl methyl sites for hydroxylation is 1. The lowest BCUT2D eigenvalue weighted by Crippen LogP contribution is -2.50. The molecule has 6 nitrogen and oxygen atoms in total. The molecule has 194 valence electrons. The van der Waals surface area contributed by atoms with Crippen LogP contribution in [-0.2, 0) is 11.3 Å². The molecule has 0 unspecified atom stereocenters. The number of aldehydes is 1. The summed E-state index contributed by atoms with van der Waals surface area (Å²) in [6, 6.07) is 18.7. The number of benzene rings is 2. The topological polar surface area (TPSA) is 79.5 Å². The molecule has 1 aliphatic heterocycles. The van der Waals surface area contributed by atoms with Gasteiger partial charge in [-0.1, -0.05) is 24.3 Å². The molecular formula is C30H35N3O3S. The van der Waals surface area contributed by atoms with Gasteiger partial charge in [0.1, 0.15) is 18.1 Å². The van der Waals surface area contributed by atoms with Crippen molar-refractivity contribution in [2.24, 2.45) is 5.92 Å². The first-order valence-corrected chi connectivity index (χ1v) is 14.0. The number of thiophene rings is 1. The standard InChI is InChI=1S/C30H35N3O3S/c1-19-6-9-25(36-26-15-31-16-26)14-28(19)30(35)33-20(2)22-4-3-5-23(13-22)29-11-10-27(37-29)17-32-24-8-7-21(12-24)18-34/h3-6,9-11,13-14,18,20-21,24,26,31-32H,7-8,12,15-17H2,1-2H3,(H,33,35)/t20-,21-,24+/m1/s1. The van der Waals surface area contributed by atoms with Crippen molar-refractivity contribution in [2.45, 2.75) is 57.8 Å². The largest absolute Gasteiger partial charge is 0.488 e. The Bertz CT molecular complexity index is 1250. The van der Waals surface area contributed by atoms with Crippen LogP contribution >= 0.6 is 11.3 Å². The molecule has 3 N–H and O–H groups in total. The second-order valence-corrected chi connectivity index (χ2v) is 11.4. The smallest absolute Gasteiger partial charge is 0.252 e. The van der Waals surface area contributed by atoms with Crippen molar-refractivity contribution in [1.29, 1.82) is 0 Å². The summed E-state index contributed by atoms with van der Waals surface area (Å²) in [6.45, 7) is 6.48. The van der Waals surface area contributed by atoms with E-state index in [1.165, 1.54) is 9.75 Å². The lowest BCUT2D eigenvalue weighted by molar-refractivity contribution is -0.110. The van der Waals surface area contributed by atoms with E-state index in [0.29, 0.717) is 11.6 Å². The van der Waals surface area contributed by atoms with E-state index in [0.717, 1.165) is 67.6 Å². The molecule has 3 atom stereocenters. The van der Waals surface area contributed by atoms with Gasteiger partial charge in [0.15, 0.2) is 0 Å². The molecule has 3 aromatic rings. The van der Waals surface area contributed by atoms with E-state index in [4.69, 9.17) is 4.74 Å². The average Bonchev–Trinajstić information content (AvgIpc) is 3.55. The molecule has 1 saturated heterocycles. The molecule has 1 aromatic heterocycles. The molecule has 2 aromatic carbocycles. The molecule has 5 rings (SSSR count). The summed E-state index contributed by atoms with van der Waals surface area (Å²) in [4.78, 5) is 26.7. The van der Waals surface area contributed by atoms with Crippen LogP contribution in [0.4, 0.5) is 0 Å². The van der Waals surface area contributed by atoms with Crippen molar-refractivity contribution < 1.29 is 14.3 Å². The maximum Gasteiger partial charge on any atom is 0.252 e. The summed E-state index contributed by atoms with van der Waals surface area (Å²) in [7, 11) is 0. The van der Waals surface area contributed by atoms with Crippen molar-refractivity contribution in [2.75, 3.05) is 13.1 Å². The number of rotatable bonds is 10. The van der Waals surface area contributed by atoms with E-state index in [2.05, 4.69) is 52.3 Å². The number of nitrogens with one attached hydrogen (secondary N) is 3. The molecule has 2 heterocycles. The van der Waals surface area contributed by atoms with Crippen LogP contribution in [0.25, 0.3) is 10.4 Å². The van der Waals surface area contributed by atoms with Gasteiger partial charge in [-0.3, -0.25) is 4.79 Å². The van der Waals surface area contributed by atoms with Crippen molar-refractivity contribution in [3.8, 4) is 16.2 Å². The fourth-order valence-electron chi connectivity index (χ4n) is 4.97. The summed E-state index contributed by atoms with van der Waals surface area (Å²) in [6.07, 6.45) is 4.29. The SMILES string of the molecule is Cc1ccc(OC2CNC2)cc1C(=O)N[C@H](C)c1cccc(-c2ccc(CN[C@H]3CC[C@@H](C=O)C3)s2)c1. The normalized spacial score (nSPS) is 20.3. The van der Waals surface area contributed by atoms with Crippen molar-refractivity contribution in [1.82, 2.24) is 16.0 Å². The van der Waals surface area contributed by atoms with Crippen LogP contribution in [0.3, 0.4) is 0 Å². The minimum Gasteiger partial charge on any atom is -0.488 e. The van der Waals surface area contributed by atoms with Gasteiger partial charge in [-0.2, -0.15) is 0 Å². The highest BCUT2D eigenvalue weighted by molar-refractivity contribution is 7.15. The fourth-order valence-corrected chi connectivity index (χ4v) is 5.93. The van der Waals surface area contributed by atoms with Crippen LogP contribution in [0, 0.1) is 12.8 Å². The van der Waals surface area contributed by atoms with Gasteiger partial charge in [-0.05, 0) is 80.1 Å². The second-order valence-electron chi connectivity index (χ2n) is 10.2. The van der Waals surface area contributed by atoms with Gasteiger partial charge in [0.2, 0.25) is 0 Å². The number of amides is 1. The Balaban J connectivity index is 1.21. The van der Waals surface area contributed by atoms with Crippen molar-refractivity contribution >= 4 is 23.5 Å². The van der Waals surface area contributed by atoms with Gasteiger partial charge in [-0.15, -0.1) is 11.3 Å². The van der Waals surface area contributed by atoms with Gasteiger partial charge in [-0.25, -0.2) is 0 Å². The van der Waals surface area contributed by atoms with Crippen LogP contribution in [0.1, 0.15) is 58.6 Å². The van der Waals surface area contributed by atoms with E-state index in [-0.39, 0.29) is 24.0 Å². The average molecular weight is 518 g/mol. The second kappa shape index (κ2) is 11.6. The zero-order valence-corrected chi connectivity index (χ0v) is 22.3. The maximum absolute atomic E-state index is 13.1. The highest BCUT2D eigenvalue weighted by Crippen LogP contribution is 2.31. The Labute approximate surface area is 222 Å². The van der Waals surface area contributed by atoms with Gasteiger partial charge in [0.05, 0.1) is 6.04 Å². The lowest BCUT2D eigenvalue weighted by Gasteiger charge is -2.28. The summed E-state index contributed by atoms with van der Waals surface area (Å²) in [5, 5.41) is 9.97. The summed E-state index contributed by atoms with van der Waals surface area (Å²) < 4.78 is 5.95. The predicted molar refractivity (Wildman–Crippen MR) is 148 cm³/mol. The predicted octanol–water partition coefficient (Wildman–Crippen LogP) is 5.02. The van der Waals surface area contributed by atoms with Crippen LogP contribution in [-0.4, -0.2) is 37.4 Å². The highest BCUT2D eigenvalue weighted by atomic mass is 32.1. The van der Waals surface area contributed by atoms with E-state index in [1.54, 1.807) is 11.3 Å². The Morgan fingerprint density at radius 1 is 1.16 bits per heavy atom. The minimum atomic E-state index is -0.138. The maximum atomic E-state index is 13.1. The third-order valence-corrected chi connectivity index (χ3v) is 8.55. The molecule has 0 bridgehead atoms. The van der Waals surface area contributed by atoms with Crippen molar-refractivity contribution in [3.05, 3.63) is 76.2 Å². The number of ether oxygens (including phenoxy) is 1. The molecule has 2 fully saturated rings. The quantitative estimate of drug-likeness (QED) is 0.329. The van der Waals surface area contributed by atoms with Crippen LogP contribution in [0.2, 0.25) is 0 Å². The lowest BCUT2D eigenvalue weighted by atomic mass is 10.0. The molecule has 1 aliphatic carbocycles. The first kappa shape index (κ1) is 25.6. The van der Waals surface area contributed by atoms with Gasteiger partial charge < -0.3 is 25.5 Å².